The highest BCUT2D eigenvalue weighted by Gasteiger charge is 2.05. The first-order chi connectivity index (χ1) is 6.63. The monoisotopic (exact) mass is 191 g/mol. The molecule has 0 heterocycles. The second kappa shape index (κ2) is 5.04. The SMILES string of the molecule is CCc1cccc(N[C@@H](C)C(C)C)c1. The quantitative estimate of drug-likeness (QED) is 0.765. The fraction of sp³-hybridized carbons (Fsp3) is 0.538. The number of rotatable bonds is 4. The molecule has 1 aromatic carbocycles. The summed E-state index contributed by atoms with van der Waals surface area (Å²) in [4.78, 5) is 0. The summed E-state index contributed by atoms with van der Waals surface area (Å²) >= 11 is 0. The molecule has 0 bridgehead atoms. The van der Waals surface area contributed by atoms with E-state index < -0.39 is 0 Å². The van der Waals surface area contributed by atoms with Crippen molar-refractivity contribution in [3.63, 3.8) is 0 Å². The maximum atomic E-state index is 3.52. The molecule has 0 aliphatic rings. The molecule has 0 aliphatic heterocycles. The number of hydrogen-bond donors (Lipinski definition) is 1. The number of aryl methyl sites for hydroxylation is 1. The smallest absolute Gasteiger partial charge is 0.0345 e. The first-order valence-corrected chi connectivity index (χ1v) is 5.49. The van der Waals surface area contributed by atoms with E-state index in [0.29, 0.717) is 12.0 Å². The van der Waals surface area contributed by atoms with E-state index in [4.69, 9.17) is 0 Å². The Labute approximate surface area is 87.5 Å². The molecule has 0 unspecified atom stereocenters. The van der Waals surface area contributed by atoms with E-state index in [-0.39, 0.29) is 0 Å². The highest BCUT2D eigenvalue weighted by molar-refractivity contribution is 5.46. The van der Waals surface area contributed by atoms with E-state index in [1.165, 1.54) is 11.3 Å². The molecule has 0 saturated carbocycles. The molecular formula is C13H21N. The van der Waals surface area contributed by atoms with Crippen LogP contribution >= 0.6 is 0 Å². The lowest BCUT2D eigenvalue weighted by molar-refractivity contribution is 0.560. The van der Waals surface area contributed by atoms with Crippen LogP contribution in [-0.2, 0) is 6.42 Å². The van der Waals surface area contributed by atoms with E-state index in [2.05, 4.69) is 57.3 Å². The van der Waals surface area contributed by atoms with Crippen LogP contribution in [0.2, 0.25) is 0 Å². The van der Waals surface area contributed by atoms with Crippen molar-refractivity contribution in [2.75, 3.05) is 5.32 Å². The first-order valence-electron chi connectivity index (χ1n) is 5.49. The standard InChI is InChI=1S/C13H21N/c1-5-12-7-6-8-13(9-12)14-11(4)10(2)3/h6-11,14H,5H2,1-4H3/t11-/m0/s1. The molecule has 1 aromatic rings. The van der Waals surface area contributed by atoms with Crippen LogP contribution in [0.5, 0.6) is 0 Å². The fourth-order valence-electron chi connectivity index (χ4n) is 1.31. The molecule has 1 rings (SSSR count). The Bertz CT molecular complexity index is 278. The lowest BCUT2D eigenvalue weighted by atomic mass is 10.1. The van der Waals surface area contributed by atoms with Crippen LogP contribution in [0.15, 0.2) is 24.3 Å². The highest BCUT2D eigenvalue weighted by atomic mass is 14.9. The van der Waals surface area contributed by atoms with Crippen LogP contribution in [0.1, 0.15) is 33.3 Å². The second-order valence-electron chi connectivity index (χ2n) is 4.23. The maximum Gasteiger partial charge on any atom is 0.0345 e. The first kappa shape index (κ1) is 11.1. The van der Waals surface area contributed by atoms with E-state index in [1.54, 1.807) is 0 Å². The van der Waals surface area contributed by atoms with Gasteiger partial charge in [-0.25, -0.2) is 0 Å². The summed E-state index contributed by atoms with van der Waals surface area (Å²) in [6.45, 7) is 8.89. The molecule has 78 valence electrons. The van der Waals surface area contributed by atoms with Gasteiger partial charge in [0.05, 0.1) is 0 Å². The molecule has 0 amide bonds. The topological polar surface area (TPSA) is 12.0 Å². The van der Waals surface area contributed by atoms with Crippen LogP contribution in [0, 0.1) is 5.92 Å². The van der Waals surface area contributed by atoms with Crippen molar-refractivity contribution in [3.05, 3.63) is 29.8 Å². The molecule has 0 radical (unpaired) electrons. The molecule has 1 atom stereocenters. The number of benzene rings is 1. The van der Waals surface area contributed by atoms with Gasteiger partial charge in [-0.1, -0.05) is 32.9 Å². The molecule has 0 aliphatic carbocycles. The van der Waals surface area contributed by atoms with E-state index in [1.807, 2.05) is 0 Å². The van der Waals surface area contributed by atoms with Crippen LogP contribution in [0.3, 0.4) is 0 Å². The third kappa shape index (κ3) is 3.06. The summed E-state index contributed by atoms with van der Waals surface area (Å²) in [5.41, 5.74) is 2.64. The zero-order valence-electron chi connectivity index (χ0n) is 9.67. The van der Waals surface area contributed by atoms with Crippen molar-refractivity contribution in [2.24, 2.45) is 5.92 Å². The number of nitrogens with one attached hydrogen (secondary N) is 1. The van der Waals surface area contributed by atoms with Crippen molar-refractivity contribution in [3.8, 4) is 0 Å². The molecule has 0 fully saturated rings. The molecule has 0 spiro atoms. The fourth-order valence-corrected chi connectivity index (χ4v) is 1.31. The predicted molar refractivity (Wildman–Crippen MR) is 63.7 cm³/mol. The summed E-state index contributed by atoms with van der Waals surface area (Å²) in [5, 5.41) is 3.52. The Morgan fingerprint density at radius 2 is 1.93 bits per heavy atom. The van der Waals surface area contributed by atoms with Crippen molar-refractivity contribution in [1.82, 2.24) is 0 Å². The zero-order chi connectivity index (χ0) is 10.6. The van der Waals surface area contributed by atoms with Gasteiger partial charge in [-0.15, -0.1) is 0 Å². The summed E-state index contributed by atoms with van der Waals surface area (Å²) in [6.07, 6.45) is 1.10. The Morgan fingerprint density at radius 3 is 2.50 bits per heavy atom. The number of hydrogen-bond acceptors (Lipinski definition) is 1. The van der Waals surface area contributed by atoms with Gasteiger partial charge >= 0.3 is 0 Å². The van der Waals surface area contributed by atoms with Gasteiger partial charge in [-0.2, -0.15) is 0 Å². The van der Waals surface area contributed by atoms with Crippen LogP contribution in [0.4, 0.5) is 5.69 Å². The Kier molecular flexibility index (Phi) is 3.99. The minimum Gasteiger partial charge on any atom is -0.382 e. The van der Waals surface area contributed by atoms with Gasteiger partial charge in [0.1, 0.15) is 0 Å². The molecule has 1 heteroatoms. The summed E-state index contributed by atoms with van der Waals surface area (Å²) < 4.78 is 0. The number of anilines is 1. The van der Waals surface area contributed by atoms with Gasteiger partial charge in [0, 0.05) is 11.7 Å². The summed E-state index contributed by atoms with van der Waals surface area (Å²) in [6, 6.07) is 9.19. The Morgan fingerprint density at radius 1 is 1.21 bits per heavy atom. The van der Waals surface area contributed by atoms with Gasteiger partial charge in [-0.3, -0.25) is 0 Å². The van der Waals surface area contributed by atoms with Crippen LogP contribution in [0.25, 0.3) is 0 Å². The second-order valence-corrected chi connectivity index (χ2v) is 4.23. The highest BCUT2D eigenvalue weighted by Crippen LogP contribution is 2.14. The van der Waals surface area contributed by atoms with Gasteiger partial charge in [0.25, 0.3) is 0 Å². The van der Waals surface area contributed by atoms with Gasteiger partial charge in [0.15, 0.2) is 0 Å². The molecular weight excluding hydrogens is 170 g/mol. The van der Waals surface area contributed by atoms with E-state index >= 15 is 0 Å². The molecule has 1 nitrogen and oxygen atoms in total. The van der Waals surface area contributed by atoms with Crippen LogP contribution < -0.4 is 5.32 Å². The molecule has 1 N–H and O–H groups in total. The predicted octanol–water partition coefficient (Wildman–Crippen LogP) is 3.71. The average molecular weight is 191 g/mol. The average Bonchev–Trinajstić information content (AvgIpc) is 2.18. The van der Waals surface area contributed by atoms with Gasteiger partial charge < -0.3 is 5.32 Å². The van der Waals surface area contributed by atoms with Gasteiger partial charge in [0.2, 0.25) is 0 Å². The minimum absolute atomic E-state index is 0.530. The van der Waals surface area contributed by atoms with Crippen molar-refractivity contribution >= 4 is 5.69 Å². The van der Waals surface area contributed by atoms with E-state index in [0.717, 1.165) is 6.42 Å². The Balaban J connectivity index is 2.66. The molecule has 0 saturated heterocycles. The zero-order valence-corrected chi connectivity index (χ0v) is 9.67. The largest absolute Gasteiger partial charge is 0.382 e. The van der Waals surface area contributed by atoms with Gasteiger partial charge in [-0.05, 0) is 37.0 Å². The lowest BCUT2D eigenvalue weighted by Crippen LogP contribution is -2.21. The Hall–Kier alpha value is -0.980. The van der Waals surface area contributed by atoms with Crippen molar-refractivity contribution in [1.29, 1.82) is 0 Å². The van der Waals surface area contributed by atoms with Crippen molar-refractivity contribution in [2.45, 2.75) is 40.2 Å². The van der Waals surface area contributed by atoms with Crippen molar-refractivity contribution < 1.29 is 0 Å². The third-order valence-corrected chi connectivity index (χ3v) is 2.73. The normalized spacial score (nSPS) is 12.9. The molecule has 14 heavy (non-hydrogen) atoms. The molecule has 0 aromatic heterocycles. The summed E-state index contributed by atoms with van der Waals surface area (Å²) in [5.74, 6) is 0.667. The lowest BCUT2D eigenvalue weighted by Gasteiger charge is -2.19. The van der Waals surface area contributed by atoms with E-state index in [9.17, 15) is 0 Å². The third-order valence-electron chi connectivity index (χ3n) is 2.73. The van der Waals surface area contributed by atoms with Crippen LogP contribution in [-0.4, -0.2) is 6.04 Å². The maximum absolute atomic E-state index is 3.52. The summed E-state index contributed by atoms with van der Waals surface area (Å²) in [7, 11) is 0. The minimum atomic E-state index is 0.530.